The Bertz CT molecular complexity index is 1310. The Hall–Kier alpha value is -3.69. The van der Waals surface area contributed by atoms with E-state index < -0.39 is 11.7 Å². The number of alkyl halides is 3. The number of ether oxygens (including phenoxy) is 1. The molecule has 1 aliphatic carbocycles. The Morgan fingerprint density at radius 3 is 2.60 bits per heavy atom. The maximum atomic E-state index is 13.1. The van der Waals surface area contributed by atoms with Gasteiger partial charge in [-0.2, -0.15) is 13.2 Å². The quantitative estimate of drug-likeness (QED) is 0.361. The summed E-state index contributed by atoms with van der Waals surface area (Å²) in [5, 5.41) is 3.19. The second kappa shape index (κ2) is 9.52. The Kier molecular flexibility index (Phi) is 6.27. The molecular formula is C25H25F3N6O. The Labute approximate surface area is 200 Å². The third-order valence-corrected chi connectivity index (χ3v) is 6.31. The lowest BCUT2D eigenvalue weighted by Crippen LogP contribution is -2.13. The molecule has 7 nitrogen and oxygen atoms in total. The summed E-state index contributed by atoms with van der Waals surface area (Å²) >= 11 is 0. The minimum atomic E-state index is -4.40. The predicted molar refractivity (Wildman–Crippen MR) is 126 cm³/mol. The van der Waals surface area contributed by atoms with E-state index in [9.17, 15) is 13.2 Å². The summed E-state index contributed by atoms with van der Waals surface area (Å²) in [7, 11) is 1.54. The number of rotatable bonds is 6. The van der Waals surface area contributed by atoms with Crippen LogP contribution >= 0.6 is 0 Å². The molecule has 10 heteroatoms. The highest BCUT2D eigenvalue weighted by atomic mass is 19.4. The molecule has 1 saturated carbocycles. The number of benzene rings is 1. The molecule has 0 saturated heterocycles. The van der Waals surface area contributed by atoms with Gasteiger partial charge in [0.2, 0.25) is 5.88 Å². The van der Waals surface area contributed by atoms with Gasteiger partial charge in [-0.25, -0.2) is 19.9 Å². The summed E-state index contributed by atoms with van der Waals surface area (Å²) in [4.78, 5) is 18.3. The Morgan fingerprint density at radius 2 is 1.89 bits per heavy atom. The zero-order valence-corrected chi connectivity index (χ0v) is 19.2. The fraction of sp³-hybridized carbons (Fsp3) is 0.360. The first-order valence-electron chi connectivity index (χ1n) is 11.6. The number of nitrogens with one attached hydrogen (secondary N) is 1. The van der Waals surface area contributed by atoms with Crippen LogP contribution in [0.4, 0.5) is 19.0 Å². The number of anilines is 1. The van der Waals surface area contributed by atoms with Gasteiger partial charge in [0.25, 0.3) is 0 Å². The van der Waals surface area contributed by atoms with Crippen molar-refractivity contribution in [3.8, 4) is 17.3 Å². The molecule has 0 radical (unpaired) electrons. The largest absolute Gasteiger partial charge is 0.481 e. The number of halogens is 3. The third-order valence-electron chi connectivity index (χ3n) is 6.31. The summed E-state index contributed by atoms with van der Waals surface area (Å²) in [6, 6.07) is 9.12. The highest BCUT2D eigenvalue weighted by Gasteiger charge is 2.30. The number of hydrogen-bond acceptors (Lipinski definition) is 6. The number of pyridine rings is 1. The third kappa shape index (κ3) is 4.91. The summed E-state index contributed by atoms with van der Waals surface area (Å²) in [6.07, 6.45) is 4.69. The van der Waals surface area contributed by atoms with Gasteiger partial charge in [-0.3, -0.25) is 0 Å². The van der Waals surface area contributed by atoms with Crippen molar-refractivity contribution in [2.75, 3.05) is 12.4 Å². The van der Waals surface area contributed by atoms with Crippen LogP contribution in [0.5, 0.6) is 5.88 Å². The number of nitrogens with zero attached hydrogens (tertiary/aromatic N) is 5. The topological polar surface area (TPSA) is 77.8 Å². The van der Waals surface area contributed by atoms with Gasteiger partial charge in [-0.05, 0) is 36.6 Å². The second-order valence-electron chi connectivity index (χ2n) is 8.65. The summed E-state index contributed by atoms with van der Waals surface area (Å²) in [5.41, 5.74) is 1.80. The molecular weight excluding hydrogens is 457 g/mol. The van der Waals surface area contributed by atoms with Crippen LogP contribution in [0.25, 0.3) is 22.6 Å². The fourth-order valence-corrected chi connectivity index (χ4v) is 4.47. The molecule has 3 aromatic heterocycles. The molecule has 5 rings (SSSR count). The minimum absolute atomic E-state index is 0.159. The number of methoxy groups -OCH3 is 1. The van der Waals surface area contributed by atoms with E-state index in [0.29, 0.717) is 45.9 Å². The van der Waals surface area contributed by atoms with E-state index in [-0.39, 0.29) is 6.54 Å². The van der Waals surface area contributed by atoms with Crippen molar-refractivity contribution >= 4 is 17.0 Å². The summed E-state index contributed by atoms with van der Waals surface area (Å²) < 4.78 is 46.7. The van der Waals surface area contributed by atoms with E-state index in [4.69, 9.17) is 9.72 Å². The smallest absolute Gasteiger partial charge is 0.416 e. The van der Waals surface area contributed by atoms with Crippen molar-refractivity contribution in [1.29, 1.82) is 0 Å². The van der Waals surface area contributed by atoms with E-state index in [2.05, 4.69) is 24.8 Å². The van der Waals surface area contributed by atoms with Gasteiger partial charge in [-0.15, -0.1) is 0 Å². The molecule has 35 heavy (non-hydrogen) atoms. The van der Waals surface area contributed by atoms with E-state index >= 15 is 0 Å². The molecule has 1 aliphatic rings. The van der Waals surface area contributed by atoms with Crippen LogP contribution in [0.1, 0.15) is 49.3 Å². The van der Waals surface area contributed by atoms with Crippen molar-refractivity contribution in [1.82, 2.24) is 24.5 Å². The molecule has 0 spiro atoms. The highest BCUT2D eigenvalue weighted by Crippen LogP contribution is 2.33. The first-order chi connectivity index (χ1) is 16.9. The SMILES string of the molecule is COc1ccc(-c2nc(NCc3cccc(C(F)(F)F)c3)c3ncn(C4CCCCC4)c3n2)cn1. The van der Waals surface area contributed by atoms with E-state index in [1.54, 1.807) is 31.8 Å². The van der Waals surface area contributed by atoms with Crippen LogP contribution in [-0.2, 0) is 12.7 Å². The van der Waals surface area contributed by atoms with Crippen molar-refractivity contribution in [3.63, 3.8) is 0 Å². The van der Waals surface area contributed by atoms with Gasteiger partial charge in [0.05, 0.1) is 19.0 Å². The van der Waals surface area contributed by atoms with E-state index in [1.807, 2.05) is 6.07 Å². The van der Waals surface area contributed by atoms with Crippen LogP contribution < -0.4 is 10.1 Å². The Balaban J connectivity index is 1.53. The van der Waals surface area contributed by atoms with E-state index in [0.717, 1.165) is 37.8 Å². The monoisotopic (exact) mass is 482 g/mol. The number of fused-ring (bicyclic) bond motifs is 1. The highest BCUT2D eigenvalue weighted by molar-refractivity contribution is 5.85. The molecule has 1 fully saturated rings. The summed E-state index contributed by atoms with van der Waals surface area (Å²) in [5.74, 6) is 1.40. The maximum Gasteiger partial charge on any atom is 0.416 e. The Morgan fingerprint density at radius 1 is 1.06 bits per heavy atom. The maximum absolute atomic E-state index is 13.1. The van der Waals surface area contributed by atoms with Gasteiger partial charge in [-0.1, -0.05) is 31.4 Å². The average Bonchev–Trinajstić information content (AvgIpc) is 3.32. The number of aromatic nitrogens is 5. The molecule has 0 bridgehead atoms. The molecule has 182 valence electrons. The molecule has 0 atom stereocenters. The molecule has 4 aromatic rings. The zero-order chi connectivity index (χ0) is 24.4. The van der Waals surface area contributed by atoms with Crippen molar-refractivity contribution in [2.24, 2.45) is 0 Å². The van der Waals surface area contributed by atoms with Gasteiger partial charge < -0.3 is 14.6 Å². The fourth-order valence-electron chi connectivity index (χ4n) is 4.47. The van der Waals surface area contributed by atoms with Crippen molar-refractivity contribution in [2.45, 2.75) is 50.9 Å². The van der Waals surface area contributed by atoms with Crippen LogP contribution in [0.2, 0.25) is 0 Å². The first-order valence-corrected chi connectivity index (χ1v) is 11.6. The van der Waals surface area contributed by atoms with Crippen molar-refractivity contribution < 1.29 is 17.9 Å². The van der Waals surface area contributed by atoms with E-state index in [1.165, 1.54) is 12.5 Å². The number of imidazole rings is 1. The van der Waals surface area contributed by atoms with Crippen LogP contribution in [-0.4, -0.2) is 31.6 Å². The average molecular weight is 483 g/mol. The number of hydrogen-bond donors (Lipinski definition) is 1. The van der Waals surface area contributed by atoms with Crippen LogP contribution in [0.3, 0.4) is 0 Å². The molecule has 3 heterocycles. The van der Waals surface area contributed by atoms with Gasteiger partial charge in [0.1, 0.15) is 5.52 Å². The lowest BCUT2D eigenvalue weighted by molar-refractivity contribution is -0.137. The van der Waals surface area contributed by atoms with Gasteiger partial charge in [0.15, 0.2) is 17.3 Å². The molecule has 0 amide bonds. The first kappa shape index (κ1) is 23.1. The summed E-state index contributed by atoms with van der Waals surface area (Å²) in [6.45, 7) is 0.159. The zero-order valence-electron chi connectivity index (χ0n) is 19.2. The second-order valence-corrected chi connectivity index (χ2v) is 8.65. The van der Waals surface area contributed by atoms with Crippen molar-refractivity contribution in [3.05, 3.63) is 60.0 Å². The molecule has 0 aliphatic heterocycles. The lowest BCUT2D eigenvalue weighted by Gasteiger charge is -2.23. The van der Waals surface area contributed by atoms with Gasteiger partial charge >= 0.3 is 6.18 Å². The minimum Gasteiger partial charge on any atom is -0.481 e. The van der Waals surface area contributed by atoms with Crippen LogP contribution in [0, 0.1) is 0 Å². The molecule has 1 N–H and O–H groups in total. The van der Waals surface area contributed by atoms with Gasteiger partial charge in [0, 0.05) is 30.4 Å². The normalized spacial score (nSPS) is 14.9. The predicted octanol–water partition coefficient (Wildman–Crippen LogP) is 6.03. The molecule has 0 unspecified atom stereocenters. The lowest BCUT2D eigenvalue weighted by atomic mass is 9.95. The molecule has 1 aromatic carbocycles. The van der Waals surface area contributed by atoms with Crippen LogP contribution in [0.15, 0.2) is 48.9 Å². The standard InChI is InChI=1S/C25H25F3N6O/c1-35-20-11-10-17(14-29-20)22-32-23(30-13-16-6-5-7-18(12-16)25(26,27)28)21-24(33-22)34(15-31-21)19-8-3-2-4-9-19/h5-7,10-12,14-15,19H,2-4,8-9,13H2,1H3,(H,30,32,33).